The third-order valence-electron chi connectivity index (χ3n) is 5.10. The van der Waals surface area contributed by atoms with Crippen LogP contribution in [0.3, 0.4) is 0 Å². The van der Waals surface area contributed by atoms with E-state index in [2.05, 4.69) is 9.71 Å². The number of aryl methyl sites for hydroxylation is 1. The molecule has 1 aromatic heterocycles. The van der Waals surface area contributed by atoms with Gasteiger partial charge in [-0.25, -0.2) is 21.9 Å². The van der Waals surface area contributed by atoms with Gasteiger partial charge in [0.2, 0.25) is 10.0 Å². The summed E-state index contributed by atoms with van der Waals surface area (Å²) in [4.78, 5) is 3.14. The number of halogens is 2. The molecule has 1 aliphatic rings. The number of hydrogen-bond donors (Lipinski definition) is 2. The van der Waals surface area contributed by atoms with Crippen LogP contribution in [0.15, 0.2) is 47.5 Å². The maximum absolute atomic E-state index is 13.4. The molecule has 0 bridgehead atoms. The topological polar surface area (TPSA) is 62.0 Å². The predicted octanol–water partition coefficient (Wildman–Crippen LogP) is 3.76. The maximum atomic E-state index is 13.4. The minimum atomic E-state index is -3.74. The lowest BCUT2D eigenvalue weighted by molar-refractivity contribution is 0.566. The highest BCUT2D eigenvalue weighted by atomic mass is 32.2. The number of hydrogen-bond acceptors (Lipinski definition) is 2. The normalized spacial score (nSPS) is 16.1. The van der Waals surface area contributed by atoms with E-state index in [1.54, 1.807) is 13.0 Å². The van der Waals surface area contributed by atoms with E-state index in [4.69, 9.17) is 0 Å². The number of nitrogens with one attached hydrogen (secondary N) is 2. The van der Waals surface area contributed by atoms with Crippen molar-refractivity contribution in [2.45, 2.75) is 30.1 Å². The fourth-order valence-corrected chi connectivity index (χ4v) is 4.81. The Morgan fingerprint density at radius 3 is 2.50 bits per heavy atom. The van der Waals surface area contributed by atoms with Crippen LogP contribution in [0.4, 0.5) is 8.78 Å². The first kappa shape index (κ1) is 17.2. The molecule has 136 valence electrons. The molecule has 2 N–H and O–H groups in total. The Bertz CT molecular complexity index is 1100. The highest BCUT2D eigenvalue weighted by Crippen LogP contribution is 2.50. The van der Waals surface area contributed by atoms with Crippen molar-refractivity contribution >= 4 is 20.9 Å². The fourth-order valence-electron chi connectivity index (χ4n) is 3.45. The molecule has 7 heteroatoms. The fraction of sp³-hybridized carbons (Fsp3) is 0.263. The summed E-state index contributed by atoms with van der Waals surface area (Å²) in [6.07, 6.45) is 3.53. The van der Waals surface area contributed by atoms with Gasteiger partial charge >= 0.3 is 0 Å². The minimum absolute atomic E-state index is 0.0793. The van der Waals surface area contributed by atoms with Gasteiger partial charge in [-0.2, -0.15) is 0 Å². The highest BCUT2D eigenvalue weighted by molar-refractivity contribution is 7.89. The standard InChI is InChI=1S/C19H18F2N2O2S/c1-12-8-13(20)3-5-18(12)26(24,25)23-11-19(6-7-19)16-10-22-17-9-14(21)2-4-15(16)17/h2-5,8-10,22-23H,6-7,11H2,1H3. The average Bonchev–Trinajstić information content (AvgIpc) is 3.25. The van der Waals surface area contributed by atoms with E-state index in [9.17, 15) is 17.2 Å². The Morgan fingerprint density at radius 1 is 1.12 bits per heavy atom. The van der Waals surface area contributed by atoms with Crippen LogP contribution >= 0.6 is 0 Å². The third kappa shape index (κ3) is 2.91. The lowest BCUT2D eigenvalue weighted by atomic mass is 9.96. The van der Waals surface area contributed by atoms with E-state index in [1.165, 1.54) is 24.3 Å². The summed E-state index contributed by atoms with van der Waals surface area (Å²) in [6, 6.07) is 8.18. The number of aromatic amines is 1. The van der Waals surface area contributed by atoms with Crippen molar-refractivity contribution in [3.05, 3.63) is 65.4 Å². The van der Waals surface area contributed by atoms with Crippen LogP contribution in [-0.2, 0) is 15.4 Å². The van der Waals surface area contributed by atoms with Gasteiger partial charge in [0, 0.05) is 29.1 Å². The number of benzene rings is 2. The predicted molar refractivity (Wildman–Crippen MR) is 95.5 cm³/mol. The highest BCUT2D eigenvalue weighted by Gasteiger charge is 2.46. The van der Waals surface area contributed by atoms with Crippen molar-refractivity contribution in [1.82, 2.24) is 9.71 Å². The molecule has 0 saturated heterocycles. The van der Waals surface area contributed by atoms with Gasteiger partial charge in [0.25, 0.3) is 0 Å². The lowest BCUT2D eigenvalue weighted by Gasteiger charge is -2.17. The van der Waals surface area contributed by atoms with E-state index in [0.29, 0.717) is 11.1 Å². The molecule has 4 rings (SSSR count). The summed E-state index contributed by atoms with van der Waals surface area (Å²) in [5.41, 5.74) is 1.76. The Morgan fingerprint density at radius 2 is 1.81 bits per heavy atom. The lowest BCUT2D eigenvalue weighted by Crippen LogP contribution is -2.32. The monoisotopic (exact) mass is 376 g/mol. The van der Waals surface area contributed by atoms with Crippen LogP contribution in [0.5, 0.6) is 0 Å². The number of fused-ring (bicyclic) bond motifs is 1. The smallest absolute Gasteiger partial charge is 0.240 e. The summed E-state index contributed by atoms with van der Waals surface area (Å²) >= 11 is 0. The molecule has 1 aliphatic carbocycles. The van der Waals surface area contributed by atoms with Gasteiger partial charge in [0.1, 0.15) is 11.6 Å². The average molecular weight is 376 g/mol. The van der Waals surface area contributed by atoms with Gasteiger partial charge in [-0.05, 0) is 67.3 Å². The van der Waals surface area contributed by atoms with Crippen LogP contribution in [0.1, 0.15) is 24.0 Å². The molecule has 3 aromatic rings. The molecule has 0 aliphatic heterocycles. The quantitative estimate of drug-likeness (QED) is 0.712. The zero-order valence-corrected chi connectivity index (χ0v) is 15.0. The molecular weight excluding hydrogens is 358 g/mol. The molecule has 0 amide bonds. The van der Waals surface area contributed by atoms with Gasteiger partial charge in [-0.15, -0.1) is 0 Å². The van der Waals surface area contributed by atoms with Crippen molar-refractivity contribution in [1.29, 1.82) is 0 Å². The summed E-state index contributed by atoms with van der Waals surface area (Å²) < 4.78 is 54.5. The Labute approximate surface area is 150 Å². The summed E-state index contributed by atoms with van der Waals surface area (Å²) in [6.45, 7) is 1.81. The van der Waals surface area contributed by atoms with Crippen LogP contribution in [0.2, 0.25) is 0 Å². The van der Waals surface area contributed by atoms with Crippen LogP contribution in [0.25, 0.3) is 10.9 Å². The van der Waals surface area contributed by atoms with Crippen molar-refractivity contribution in [3.8, 4) is 0 Å². The Kier molecular flexibility index (Phi) is 3.89. The first-order chi connectivity index (χ1) is 12.3. The Hall–Kier alpha value is -2.25. The first-order valence-electron chi connectivity index (χ1n) is 8.34. The molecule has 1 saturated carbocycles. The van der Waals surface area contributed by atoms with Crippen molar-refractivity contribution in [3.63, 3.8) is 0 Å². The van der Waals surface area contributed by atoms with E-state index < -0.39 is 15.8 Å². The summed E-state index contributed by atoms with van der Waals surface area (Å²) in [5.74, 6) is -0.783. The van der Waals surface area contributed by atoms with Crippen molar-refractivity contribution in [2.75, 3.05) is 6.54 Å². The van der Waals surface area contributed by atoms with Crippen molar-refractivity contribution < 1.29 is 17.2 Å². The molecule has 0 atom stereocenters. The first-order valence-corrected chi connectivity index (χ1v) is 9.82. The maximum Gasteiger partial charge on any atom is 0.240 e. The van der Waals surface area contributed by atoms with E-state index in [1.807, 2.05) is 6.20 Å². The van der Waals surface area contributed by atoms with Gasteiger partial charge in [0.05, 0.1) is 4.90 Å². The molecule has 2 aromatic carbocycles. The van der Waals surface area contributed by atoms with Gasteiger partial charge < -0.3 is 4.98 Å². The third-order valence-corrected chi connectivity index (χ3v) is 6.66. The van der Waals surface area contributed by atoms with E-state index in [-0.39, 0.29) is 22.7 Å². The van der Waals surface area contributed by atoms with Gasteiger partial charge in [-0.3, -0.25) is 0 Å². The molecular formula is C19H18F2N2O2S. The minimum Gasteiger partial charge on any atom is -0.361 e. The van der Waals surface area contributed by atoms with Crippen molar-refractivity contribution in [2.24, 2.45) is 0 Å². The number of aromatic nitrogens is 1. The second-order valence-electron chi connectivity index (χ2n) is 6.91. The second kappa shape index (κ2) is 5.89. The zero-order chi connectivity index (χ0) is 18.5. The molecule has 0 radical (unpaired) electrons. The number of sulfonamides is 1. The van der Waals surface area contributed by atoms with Crippen LogP contribution in [0, 0.1) is 18.6 Å². The molecule has 26 heavy (non-hydrogen) atoms. The number of H-pyrrole nitrogens is 1. The van der Waals surface area contributed by atoms with Crippen LogP contribution < -0.4 is 4.72 Å². The van der Waals surface area contributed by atoms with E-state index >= 15 is 0 Å². The van der Waals surface area contributed by atoms with E-state index in [0.717, 1.165) is 29.9 Å². The number of rotatable bonds is 5. The zero-order valence-electron chi connectivity index (χ0n) is 14.1. The SMILES string of the molecule is Cc1cc(F)ccc1S(=O)(=O)NCC1(c2c[nH]c3cc(F)ccc23)CC1. The molecule has 0 unspecified atom stereocenters. The Balaban J connectivity index is 1.60. The molecule has 4 nitrogen and oxygen atoms in total. The summed E-state index contributed by atoms with van der Waals surface area (Å²) in [5, 5.41) is 0.904. The largest absolute Gasteiger partial charge is 0.361 e. The molecule has 1 heterocycles. The van der Waals surface area contributed by atoms with Gasteiger partial charge in [0.15, 0.2) is 0 Å². The second-order valence-corrected chi connectivity index (χ2v) is 8.64. The van der Waals surface area contributed by atoms with Crippen LogP contribution in [-0.4, -0.2) is 19.9 Å². The molecule has 1 fully saturated rings. The molecule has 0 spiro atoms. The van der Waals surface area contributed by atoms with Gasteiger partial charge in [-0.1, -0.05) is 0 Å². The summed E-state index contributed by atoms with van der Waals surface area (Å²) in [7, 11) is -3.74.